The van der Waals surface area contributed by atoms with Gasteiger partial charge in [0.2, 0.25) is 0 Å². The molecule has 1 saturated heterocycles. The highest BCUT2D eigenvalue weighted by Crippen LogP contribution is 2.43. The van der Waals surface area contributed by atoms with Crippen molar-refractivity contribution in [3.63, 3.8) is 0 Å². The number of hydrogen-bond acceptors (Lipinski definition) is 8. The van der Waals surface area contributed by atoms with E-state index in [1.807, 2.05) is 33.9 Å². The van der Waals surface area contributed by atoms with E-state index in [9.17, 15) is 20.1 Å². The maximum absolute atomic E-state index is 11.7. The number of anilines is 1. The van der Waals surface area contributed by atoms with Gasteiger partial charge in [0.1, 0.15) is 29.6 Å². The monoisotopic (exact) mass is 397 g/mol. The number of imidazole rings is 1. The number of ether oxygens (including phenoxy) is 1. The van der Waals surface area contributed by atoms with Crippen molar-refractivity contribution >= 4 is 25.1 Å². The standard InChI is InChI=1S/C16H27N5O5Si/c1-16(2,3)27(4,5)14(24)10-8(22)9(23)13(26-10)21-6-18-7-11(17)19-15(25)20-12(7)21/h6,8-10,13-14,22-24H,1-5H3,(H3,17,19,20,25)/t8-,9+,10-,13+,14?/m0/s1. The van der Waals surface area contributed by atoms with Gasteiger partial charge in [0.05, 0.1) is 20.1 Å². The average molecular weight is 398 g/mol. The summed E-state index contributed by atoms with van der Waals surface area (Å²) in [7, 11) is -2.29. The van der Waals surface area contributed by atoms with Crippen molar-refractivity contribution in [3.8, 4) is 0 Å². The van der Waals surface area contributed by atoms with E-state index in [2.05, 4.69) is 15.0 Å². The number of aromatic nitrogens is 4. The Morgan fingerprint density at radius 3 is 2.56 bits per heavy atom. The molecule has 27 heavy (non-hydrogen) atoms. The van der Waals surface area contributed by atoms with Gasteiger partial charge in [-0.3, -0.25) is 9.55 Å². The molecule has 11 heteroatoms. The third-order valence-electron chi connectivity index (χ3n) is 6.00. The predicted molar refractivity (Wildman–Crippen MR) is 102 cm³/mol. The minimum Gasteiger partial charge on any atom is -0.394 e. The summed E-state index contributed by atoms with van der Waals surface area (Å²) >= 11 is 0. The zero-order chi connectivity index (χ0) is 20.3. The lowest BCUT2D eigenvalue weighted by atomic mass is 10.1. The highest BCUT2D eigenvalue weighted by Gasteiger charge is 2.54. The Morgan fingerprint density at radius 1 is 1.33 bits per heavy atom. The van der Waals surface area contributed by atoms with Crippen molar-refractivity contribution in [2.24, 2.45) is 0 Å². The van der Waals surface area contributed by atoms with E-state index in [4.69, 9.17) is 10.5 Å². The summed E-state index contributed by atoms with van der Waals surface area (Å²) < 4.78 is 7.23. The Balaban J connectivity index is 1.98. The van der Waals surface area contributed by atoms with E-state index in [0.717, 1.165) is 0 Å². The van der Waals surface area contributed by atoms with Gasteiger partial charge in [-0.05, 0) is 5.04 Å². The van der Waals surface area contributed by atoms with Crippen LogP contribution in [0, 0.1) is 0 Å². The lowest BCUT2D eigenvalue weighted by molar-refractivity contribution is -0.0649. The van der Waals surface area contributed by atoms with Crippen molar-refractivity contribution in [3.05, 3.63) is 16.8 Å². The number of nitrogens with one attached hydrogen (secondary N) is 1. The summed E-state index contributed by atoms with van der Waals surface area (Å²) in [6.45, 7) is 10.2. The molecule has 3 rings (SSSR count). The number of aliphatic hydroxyl groups is 3. The van der Waals surface area contributed by atoms with E-state index < -0.39 is 44.0 Å². The Bertz CT molecular complexity index is 905. The first-order valence-electron chi connectivity index (χ1n) is 8.78. The Hall–Kier alpha value is -1.79. The summed E-state index contributed by atoms with van der Waals surface area (Å²) in [5, 5.41) is 31.9. The molecule has 10 nitrogen and oxygen atoms in total. The summed E-state index contributed by atoms with van der Waals surface area (Å²) in [4.78, 5) is 21.9. The van der Waals surface area contributed by atoms with Crippen LogP contribution in [0.4, 0.5) is 5.82 Å². The van der Waals surface area contributed by atoms with Crippen molar-refractivity contribution in [2.45, 2.75) is 69.2 Å². The number of nitrogen functional groups attached to an aromatic ring is 1. The normalized spacial score (nSPS) is 28.0. The molecule has 0 amide bonds. The summed E-state index contributed by atoms with van der Waals surface area (Å²) in [5.41, 5.74) is 4.57. The van der Waals surface area contributed by atoms with Crippen LogP contribution < -0.4 is 11.4 Å². The van der Waals surface area contributed by atoms with Crippen LogP contribution in [-0.2, 0) is 4.74 Å². The van der Waals surface area contributed by atoms with Crippen LogP contribution in [0.25, 0.3) is 11.2 Å². The molecule has 2 aromatic rings. The molecule has 3 heterocycles. The van der Waals surface area contributed by atoms with Crippen molar-refractivity contribution in [1.29, 1.82) is 0 Å². The first kappa shape index (κ1) is 20.0. The topological polar surface area (TPSA) is 160 Å². The quantitative estimate of drug-likeness (QED) is 0.442. The second-order valence-electron chi connectivity index (χ2n) is 8.67. The molecule has 5 atom stereocenters. The van der Waals surface area contributed by atoms with Gasteiger partial charge in [-0.15, -0.1) is 0 Å². The SMILES string of the molecule is CC(C)(C)[Si](C)(C)C(O)[C@H]1O[C@@H](n2cnc3c(N)[nH]c(=O)nc32)[C@H](O)[C@@H]1O. The predicted octanol–water partition coefficient (Wildman–Crippen LogP) is -0.270. The van der Waals surface area contributed by atoms with Crippen LogP contribution in [0.1, 0.15) is 27.0 Å². The van der Waals surface area contributed by atoms with Gasteiger partial charge < -0.3 is 25.8 Å². The molecule has 0 radical (unpaired) electrons. The molecule has 6 N–H and O–H groups in total. The van der Waals surface area contributed by atoms with Crippen LogP contribution >= 0.6 is 0 Å². The molecule has 0 spiro atoms. The van der Waals surface area contributed by atoms with E-state index in [1.54, 1.807) is 0 Å². The molecule has 0 aromatic carbocycles. The number of aromatic amines is 1. The largest absolute Gasteiger partial charge is 0.394 e. The molecule has 150 valence electrons. The van der Waals surface area contributed by atoms with Gasteiger partial charge in [-0.1, -0.05) is 33.9 Å². The number of rotatable bonds is 3. The molecule has 2 aromatic heterocycles. The van der Waals surface area contributed by atoms with Gasteiger partial charge in [0.15, 0.2) is 11.9 Å². The van der Waals surface area contributed by atoms with E-state index >= 15 is 0 Å². The summed E-state index contributed by atoms with van der Waals surface area (Å²) in [5.74, 6) is 0.0506. The number of fused-ring (bicyclic) bond motifs is 1. The molecule has 1 unspecified atom stereocenters. The fourth-order valence-electron chi connectivity index (χ4n) is 3.17. The maximum Gasteiger partial charge on any atom is 0.348 e. The van der Waals surface area contributed by atoms with Crippen LogP contribution in [-0.4, -0.2) is 67.0 Å². The molecule has 0 aliphatic carbocycles. The van der Waals surface area contributed by atoms with Gasteiger partial charge in [-0.25, -0.2) is 9.78 Å². The van der Waals surface area contributed by atoms with E-state index in [-0.39, 0.29) is 22.0 Å². The highest BCUT2D eigenvalue weighted by atomic mass is 28.3. The fraction of sp³-hybridized carbons (Fsp3) is 0.688. The number of aliphatic hydroxyl groups excluding tert-OH is 3. The molecular formula is C16H27N5O5Si. The van der Waals surface area contributed by atoms with Gasteiger partial charge in [-0.2, -0.15) is 4.98 Å². The lowest BCUT2D eigenvalue weighted by Crippen LogP contribution is -2.57. The van der Waals surface area contributed by atoms with Crippen LogP contribution in [0.15, 0.2) is 11.1 Å². The van der Waals surface area contributed by atoms with E-state index in [0.29, 0.717) is 0 Å². The maximum atomic E-state index is 11.7. The third kappa shape index (κ3) is 3.08. The molecule has 1 fully saturated rings. The van der Waals surface area contributed by atoms with Gasteiger partial charge in [0.25, 0.3) is 0 Å². The zero-order valence-corrected chi connectivity index (χ0v) is 17.0. The summed E-state index contributed by atoms with van der Waals surface area (Å²) in [6, 6.07) is 0. The highest BCUT2D eigenvalue weighted by molar-refractivity contribution is 6.81. The number of hydrogen-bond donors (Lipinski definition) is 5. The Kier molecular flexibility index (Phi) is 4.71. The minimum absolute atomic E-state index is 0.0506. The minimum atomic E-state index is -2.29. The zero-order valence-electron chi connectivity index (χ0n) is 16.0. The first-order valence-corrected chi connectivity index (χ1v) is 11.9. The number of nitrogens with two attached hydrogens (primary N) is 1. The fourth-order valence-corrected chi connectivity index (χ4v) is 5.16. The van der Waals surface area contributed by atoms with Crippen LogP contribution in [0.3, 0.4) is 0 Å². The molecule has 0 bridgehead atoms. The van der Waals surface area contributed by atoms with Crippen LogP contribution in [0.5, 0.6) is 0 Å². The third-order valence-corrected chi connectivity index (χ3v) is 11.7. The molecule has 0 saturated carbocycles. The lowest BCUT2D eigenvalue weighted by Gasteiger charge is -2.43. The van der Waals surface area contributed by atoms with E-state index in [1.165, 1.54) is 10.9 Å². The van der Waals surface area contributed by atoms with Crippen molar-refractivity contribution in [1.82, 2.24) is 19.5 Å². The number of nitrogens with zero attached hydrogens (tertiary/aromatic N) is 3. The second-order valence-corrected chi connectivity index (χ2v) is 14.2. The van der Waals surface area contributed by atoms with Crippen molar-refractivity contribution < 1.29 is 20.1 Å². The molecular weight excluding hydrogens is 370 g/mol. The summed E-state index contributed by atoms with van der Waals surface area (Å²) in [6.07, 6.45) is -3.31. The molecule has 1 aliphatic heterocycles. The average Bonchev–Trinajstić information content (AvgIpc) is 3.08. The van der Waals surface area contributed by atoms with Crippen molar-refractivity contribution in [2.75, 3.05) is 5.73 Å². The Labute approximate surface area is 157 Å². The van der Waals surface area contributed by atoms with Crippen LogP contribution in [0.2, 0.25) is 18.1 Å². The Morgan fingerprint density at radius 2 is 1.96 bits per heavy atom. The second kappa shape index (κ2) is 6.38. The smallest absolute Gasteiger partial charge is 0.348 e. The first-order chi connectivity index (χ1) is 12.4. The number of H-pyrrole nitrogens is 1. The van der Waals surface area contributed by atoms with Gasteiger partial charge >= 0.3 is 5.69 Å². The molecule has 1 aliphatic rings. The van der Waals surface area contributed by atoms with Gasteiger partial charge in [0, 0.05) is 0 Å².